The predicted molar refractivity (Wildman–Crippen MR) is 85.1 cm³/mol. The van der Waals surface area contributed by atoms with Crippen molar-refractivity contribution in [3.05, 3.63) is 48.1 Å². The molecule has 0 fully saturated rings. The van der Waals surface area contributed by atoms with Crippen LogP contribution in [-0.4, -0.2) is 19.6 Å². The molecule has 124 valence electrons. The van der Waals surface area contributed by atoms with Gasteiger partial charge < -0.3 is 5.73 Å². The lowest BCUT2D eigenvalue weighted by atomic mass is 10.0. The molecule has 0 aliphatic carbocycles. The summed E-state index contributed by atoms with van der Waals surface area (Å²) in [5.74, 6) is -0.233. The lowest BCUT2D eigenvalue weighted by Gasteiger charge is -2.08. The minimum atomic E-state index is -4.57. The molecule has 2 N–H and O–H groups in total. The SMILES string of the molecule is C=C(C)c1cc(-c2cc(C(F)(F)F)c3c(N)ncnn23)cnc1C. The number of hydrogen-bond donors (Lipinski definition) is 1. The van der Waals surface area contributed by atoms with Crippen LogP contribution in [0.5, 0.6) is 0 Å². The molecule has 3 aromatic heterocycles. The molecule has 3 rings (SSSR count). The Bertz CT molecular complexity index is 956. The molecular formula is C16H14F3N5. The van der Waals surface area contributed by atoms with Crippen LogP contribution in [0.1, 0.15) is 23.7 Å². The molecule has 0 aromatic carbocycles. The molecule has 0 aliphatic heterocycles. The summed E-state index contributed by atoms with van der Waals surface area (Å²) < 4.78 is 41.2. The van der Waals surface area contributed by atoms with Gasteiger partial charge in [0.1, 0.15) is 11.8 Å². The molecule has 24 heavy (non-hydrogen) atoms. The maximum atomic E-state index is 13.3. The van der Waals surface area contributed by atoms with E-state index in [0.29, 0.717) is 5.56 Å². The van der Waals surface area contributed by atoms with Crippen LogP contribution >= 0.6 is 0 Å². The zero-order chi connectivity index (χ0) is 17.6. The number of aryl methyl sites for hydroxylation is 1. The molecule has 0 aliphatic rings. The van der Waals surface area contributed by atoms with E-state index in [1.165, 1.54) is 6.20 Å². The van der Waals surface area contributed by atoms with Crippen molar-refractivity contribution in [2.75, 3.05) is 5.73 Å². The Balaban J connectivity index is 2.34. The zero-order valence-electron chi connectivity index (χ0n) is 13.0. The largest absolute Gasteiger partial charge is 0.418 e. The van der Waals surface area contributed by atoms with Crippen molar-refractivity contribution in [3.63, 3.8) is 0 Å². The van der Waals surface area contributed by atoms with E-state index in [-0.39, 0.29) is 17.0 Å². The van der Waals surface area contributed by atoms with E-state index in [4.69, 9.17) is 5.73 Å². The highest BCUT2D eigenvalue weighted by molar-refractivity contribution is 5.79. The van der Waals surface area contributed by atoms with Gasteiger partial charge in [0.25, 0.3) is 0 Å². The van der Waals surface area contributed by atoms with Gasteiger partial charge >= 0.3 is 6.18 Å². The minimum Gasteiger partial charge on any atom is -0.382 e. The topological polar surface area (TPSA) is 69.1 Å². The number of pyridine rings is 1. The summed E-state index contributed by atoms with van der Waals surface area (Å²) in [4.78, 5) is 7.91. The van der Waals surface area contributed by atoms with Crippen LogP contribution in [0.2, 0.25) is 0 Å². The lowest BCUT2D eigenvalue weighted by molar-refractivity contribution is -0.136. The van der Waals surface area contributed by atoms with Gasteiger partial charge in [-0.1, -0.05) is 6.58 Å². The number of aromatic nitrogens is 4. The van der Waals surface area contributed by atoms with Crippen LogP contribution in [0.15, 0.2) is 31.2 Å². The molecule has 0 amide bonds. The number of nitrogen functional groups attached to an aromatic ring is 1. The zero-order valence-corrected chi connectivity index (χ0v) is 13.0. The Hall–Kier alpha value is -2.90. The highest BCUT2D eigenvalue weighted by atomic mass is 19.4. The van der Waals surface area contributed by atoms with E-state index in [9.17, 15) is 13.2 Å². The summed E-state index contributed by atoms with van der Waals surface area (Å²) in [6, 6.07) is 2.75. The van der Waals surface area contributed by atoms with Crippen LogP contribution in [0.3, 0.4) is 0 Å². The summed E-state index contributed by atoms with van der Waals surface area (Å²) in [5.41, 5.74) is 7.52. The number of allylic oxidation sites excluding steroid dienone is 1. The van der Waals surface area contributed by atoms with Crippen LogP contribution in [0.25, 0.3) is 22.3 Å². The van der Waals surface area contributed by atoms with Gasteiger partial charge in [-0.05, 0) is 37.1 Å². The van der Waals surface area contributed by atoms with Crippen molar-refractivity contribution in [3.8, 4) is 11.3 Å². The standard InChI is InChI=1S/C16H14F3N5/c1-8(2)11-4-10(6-21-9(11)3)13-5-12(16(17,18)19)14-15(20)22-7-23-24(13)14/h4-7H,1H2,2-3H3,(H2,20,22,23). The maximum Gasteiger partial charge on any atom is 0.418 e. The molecule has 0 atom stereocenters. The van der Waals surface area contributed by atoms with Gasteiger partial charge in [-0.2, -0.15) is 18.3 Å². The van der Waals surface area contributed by atoms with Crippen molar-refractivity contribution >= 4 is 16.9 Å². The minimum absolute atomic E-state index is 0.233. The molecule has 0 unspecified atom stereocenters. The number of anilines is 1. The van der Waals surface area contributed by atoms with E-state index < -0.39 is 11.7 Å². The summed E-state index contributed by atoms with van der Waals surface area (Å²) in [5, 5.41) is 3.92. The smallest absolute Gasteiger partial charge is 0.382 e. The first-order valence-corrected chi connectivity index (χ1v) is 7.02. The Morgan fingerprint density at radius 1 is 1.25 bits per heavy atom. The first-order chi connectivity index (χ1) is 11.2. The number of hydrogen-bond acceptors (Lipinski definition) is 4. The second kappa shape index (κ2) is 5.33. The normalized spacial score (nSPS) is 11.9. The van der Waals surface area contributed by atoms with Crippen molar-refractivity contribution in [2.24, 2.45) is 0 Å². The monoisotopic (exact) mass is 333 g/mol. The third kappa shape index (κ3) is 2.49. The molecule has 5 nitrogen and oxygen atoms in total. The summed E-state index contributed by atoms with van der Waals surface area (Å²) in [7, 11) is 0. The maximum absolute atomic E-state index is 13.3. The van der Waals surface area contributed by atoms with Crippen molar-refractivity contribution in [2.45, 2.75) is 20.0 Å². The second-order valence-electron chi connectivity index (χ2n) is 5.48. The first kappa shape index (κ1) is 16.0. The van der Waals surface area contributed by atoms with E-state index in [1.54, 1.807) is 6.07 Å². The second-order valence-corrected chi connectivity index (χ2v) is 5.48. The van der Waals surface area contributed by atoms with Gasteiger partial charge in [-0.3, -0.25) is 4.98 Å². The number of alkyl halides is 3. The van der Waals surface area contributed by atoms with Crippen LogP contribution in [0, 0.1) is 6.92 Å². The first-order valence-electron chi connectivity index (χ1n) is 7.02. The molecule has 0 spiro atoms. The van der Waals surface area contributed by atoms with Gasteiger partial charge in [-0.25, -0.2) is 9.50 Å². The molecule has 3 heterocycles. The Kier molecular flexibility index (Phi) is 3.55. The number of halogens is 3. The number of fused-ring (bicyclic) bond motifs is 1. The number of rotatable bonds is 2. The Morgan fingerprint density at radius 2 is 1.96 bits per heavy atom. The third-order valence-electron chi connectivity index (χ3n) is 3.73. The molecule has 0 saturated carbocycles. The Labute approximate surface area is 135 Å². The molecule has 3 aromatic rings. The average Bonchev–Trinajstić information content (AvgIpc) is 2.88. The predicted octanol–water partition coefficient (Wildman–Crippen LogP) is 3.73. The fraction of sp³-hybridized carbons (Fsp3) is 0.188. The van der Waals surface area contributed by atoms with E-state index >= 15 is 0 Å². The quantitative estimate of drug-likeness (QED) is 0.776. The fourth-order valence-corrected chi connectivity index (χ4v) is 2.59. The summed E-state index contributed by atoms with van der Waals surface area (Å²) in [6.07, 6.45) is -1.95. The van der Waals surface area contributed by atoms with Crippen LogP contribution in [-0.2, 0) is 6.18 Å². The number of nitrogens with zero attached hydrogens (tertiary/aromatic N) is 4. The van der Waals surface area contributed by atoms with Crippen molar-refractivity contribution < 1.29 is 13.2 Å². The highest BCUT2D eigenvalue weighted by Crippen LogP contribution is 2.38. The molecule has 0 bridgehead atoms. The van der Waals surface area contributed by atoms with Gasteiger partial charge in [0, 0.05) is 17.5 Å². The number of nitrogens with two attached hydrogens (primary N) is 1. The van der Waals surface area contributed by atoms with Crippen LogP contribution in [0.4, 0.5) is 19.0 Å². The van der Waals surface area contributed by atoms with Crippen molar-refractivity contribution in [1.29, 1.82) is 0 Å². The lowest BCUT2D eigenvalue weighted by Crippen LogP contribution is -2.07. The van der Waals surface area contributed by atoms with E-state index in [0.717, 1.165) is 33.7 Å². The van der Waals surface area contributed by atoms with Gasteiger partial charge in [0.05, 0.1) is 11.3 Å². The van der Waals surface area contributed by atoms with Crippen LogP contribution < -0.4 is 5.73 Å². The average molecular weight is 333 g/mol. The van der Waals surface area contributed by atoms with Gasteiger partial charge in [0.2, 0.25) is 0 Å². The summed E-state index contributed by atoms with van der Waals surface area (Å²) >= 11 is 0. The highest BCUT2D eigenvalue weighted by Gasteiger charge is 2.36. The third-order valence-corrected chi connectivity index (χ3v) is 3.73. The molecule has 0 radical (unpaired) electrons. The van der Waals surface area contributed by atoms with Gasteiger partial charge in [-0.15, -0.1) is 0 Å². The van der Waals surface area contributed by atoms with E-state index in [2.05, 4.69) is 21.6 Å². The van der Waals surface area contributed by atoms with Crippen molar-refractivity contribution in [1.82, 2.24) is 19.6 Å². The Morgan fingerprint density at radius 3 is 2.58 bits per heavy atom. The molecule has 0 saturated heterocycles. The molecule has 8 heteroatoms. The van der Waals surface area contributed by atoms with E-state index in [1.807, 2.05) is 13.8 Å². The molecular weight excluding hydrogens is 319 g/mol. The summed E-state index contributed by atoms with van der Waals surface area (Å²) in [6.45, 7) is 7.49. The fourth-order valence-electron chi connectivity index (χ4n) is 2.59. The van der Waals surface area contributed by atoms with Gasteiger partial charge in [0.15, 0.2) is 5.82 Å².